The van der Waals surface area contributed by atoms with Crippen LogP contribution in [-0.2, 0) is 4.79 Å². The maximum Gasteiger partial charge on any atom is 0.258 e. The minimum Gasteiger partial charge on any atom is -0.334 e. The van der Waals surface area contributed by atoms with Gasteiger partial charge < -0.3 is 9.42 Å². The summed E-state index contributed by atoms with van der Waals surface area (Å²) in [5.74, 6) is -0.200. The van der Waals surface area contributed by atoms with Gasteiger partial charge in [0.15, 0.2) is 5.82 Å². The zero-order valence-corrected chi connectivity index (χ0v) is 13.7. The first-order valence-electron chi connectivity index (χ1n) is 7.61. The van der Waals surface area contributed by atoms with Gasteiger partial charge in [-0.1, -0.05) is 16.8 Å². The van der Waals surface area contributed by atoms with Crippen LogP contribution >= 0.6 is 11.6 Å². The van der Waals surface area contributed by atoms with Crippen molar-refractivity contribution in [1.29, 1.82) is 0 Å². The monoisotopic (exact) mass is 358 g/mol. The molecule has 3 heterocycles. The lowest BCUT2D eigenvalue weighted by atomic mass is 10.1. The Balaban J connectivity index is 1.57. The fourth-order valence-corrected chi connectivity index (χ4v) is 2.98. The lowest BCUT2D eigenvalue weighted by molar-refractivity contribution is -0.117. The van der Waals surface area contributed by atoms with Gasteiger partial charge in [0.1, 0.15) is 5.82 Å². The van der Waals surface area contributed by atoms with Gasteiger partial charge in [-0.15, -0.1) is 0 Å². The fraction of sp³-hybridized carbons (Fsp3) is 0.176. The second kappa shape index (κ2) is 6.25. The van der Waals surface area contributed by atoms with Gasteiger partial charge >= 0.3 is 0 Å². The van der Waals surface area contributed by atoms with Gasteiger partial charge in [-0.3, -0.25) is 9.78 Å². The number of amides is 1. The Labute approximate surface area is 147 Å². The van der Waals surface area contributed by atoms with Crippen molar-refractivity contribution in [2.45, 2.75) is 12.3 Å². The fourth-order valence-electron chi connectivity index (χ4n) is 2.83. The number of carbonyl (C=O) groups excluding carboxylic acids is 1. The van der Waals surface area contributed by atoms with E-state index in [1.807, 2.05) is 0 Å². The Hall–Kier alpha value is -2.80. The Bertz CT molecular complexity index is 931. The molecule has 25 heavy (non-hydrogen) atoms. The highest BCUT2D eigenvalue weighted by molar-refractivity contribution is 6.30. The average Bonchev–Trinajstić information content (AvgIpc) is 3.23. The Kier molecular flexibility index (Phi) is 3.93. The molecule has 0 aliphatic carbocycles. The highest BCUT2D eigenvalue weighted by Gasteiger charge is 2.35. The van der Waals surface area contributed by atoms with Crippen LogP contribution < -0.4 is 4.90 Å². The van der Waals surface area contributed by atoms with Gasteiger partial charge in [-0.05, 0) is 30.3 Å². The van der Waals surface area contributed by atoms with E-state index in [1.165, 1.54) is 17.0 Å². The number of anilines is 1. The van der Waals surface area contributed by atoms with Crippen molar-refractivity contribution in [3.05, 3.63) is 59.4 Å². The molecule has 6 nitrogen and oxygen atoms in total. The summed E-state index contributed by atoms with van der Waals surface area (Å²) in [6.07, 6.45) is 3.45. The summed E-state index contributed by atoms with van der Waals surface area (Å²) < 4.78 is 19.4. The summed E-state index contributed by atoms with van der Waals surface area (Å²) in [6.45, 7) is 0.284. The average molecular weight is 359 g/mol. The molecule has 1 aromatic carbocycles. The maximum absolute atomic E-state index is 14.1. The van der Waals surface area contributed by atoms with Gasteiger partial charge in [0.25, 0.3) is 5.89 Å². The number of aromatic nitrogens is 3. The summed E-state index contributed by atoms with van der Waals surface area (Å²) in [4.78, 5) is 22.0. The Morgan fingerprint density at radius 3 is 2.80 bits per heavy atom. The standard InChI is InChI=1S/C17H12ClFN4O2/c18-12-1-2-14(13(19)8-12)23-9-11(7-15(23)24)16-21-17(25-22-16)10-3-5-20-6-4-10/h1-6,8,11H,7,9H2. The number of carbonyl (C=O) groups is 1. The van der Waals surface area contributed by atoms with Gasteiger partial charge in [0.2, 0.25) is 5.91 Å². The van der Waals surface area contributed by atoms with Crippen LogP contribution in [0.15, 0.2) is 47.2 Å². The zero-order valence-electron chi connectivity index (χ0n) is 12.9. The van der Waals surface area contributed by atoms with E-state index in [0.29, 0.717) is 11.7 Å². The van der Waals surface area contributed by atoms with Crippen LogP contribution in [0.3, 0.4) is 0 Å². The van der Waals surface area contributed by atoms with Crippen LogP contribution in [0.25, 0.3) is 11.5 Å². The number of rotatable bonds is 3. The highest BCUT2D eigenvalue weighted by Crippen LogP contribution is 2.33. The van der Waals surface area contributed by atoms with Crippen LogP contribution in [0.2, 0.25) is 5.02 Å². The number of hydrogen-bond acceptors (Lipinski definition) is 5. The van der Waals surface area contributed by atoms with Gasteiger partial charge in [0, 0.05) is 41.9 Å². The molecule has 0 bridgehead atoms. The quantitative estimate of drug-likeness (QED) is 0.717. The van der Waals surface area contributed by atoms with Crippen molar-refractivity contribution in [2.75, 3.05) is 11.4 Å². The molecule has 0 spiro atoms. The van der Waals surface area contributed by atoms with Gasteiger partial charge in [-0.2, -0.15) is 4.98 Å². The van der Waals surface area contributed by atoms with Gasteiger partial charge in [0.05, 0.1) is 5.69 Å². The first kappa shape index (κ1) is 15.7. The van der Waals surface area contributed by atoms with E-state index in [4.69, 9.17) is 16.1 Å². The van der Waals surface area contributed by atoms with Crippen molar-refractivity contribution >= 4 is 23.2 Å². The summed E-state index contributed by atoms with van der Waals surface area (Å²) in [7, 11) is 0. The molecule has 126 valence electrons. The number of nitrogens with zero attached hydrogens (tertiary/aromatic N) is 4. The van der Waals surface area contributed by atoms with Crippen molar-refractivity contribution < 1.29 is 13.7 Å². The number of pyridine rings is 1. The van der Waals surface area contributed by atoms with Crippen molar-refractivity contribution in [2.24, 2.45) is 0 Å². The third kappa shape index (κ3) is 2.98. The summed E-state index contributed by atoms with van der Waals surface area (Å²) in [5.41, 5.74) is 0.952. The molecular weight excluding hydrogens is 347 g/mol. The molecule has 8 heteroatoms. The van der Waals surface area contributed by atoms with Crippen LogP contribution in [0.1, 0.15) is 18.2 Å². The molecule has 1 unspecified atom stereocenters. The zero-order chi connectivity index (χ0) is 17.4. The molecule has 1 aliphatic rings. The lowest BCUT2D eigenvalue weighted by Crippen LogP contribution is -2.25. The summed E-state index contributed by atoms with van der Waals surface area (Å²) >= 11 is 5.77. The van der Waals surface area contributed by atoms with E-state index in [1.54, 1.807) is 30.6 Å². The molecular formula is C17H12ClFN4O2. The van der Waals surface area contributed by atoms with Crippen LogP contribution in [0.5, 0.6) is 0 Å². The predicted molar refractivity (Wildman–Crippen MR) is 88.7 cm³/mol. The molecule has 3 aromatic rings. The van der Waals surface area contributed by atoms with Crippen LogP contribution in [-0.4, -0.2) is 27.6 Å². The molecule has 1 atom stereocenters. The Morgan fingerprint density at radius 2 is 2.04 bits per heavy atom. The second-order valence-corrected chi connectivity index (χ2v) is 6.13. The predicted octanol–water partition coefficient (Wildman–Crippen LogP) is 3.44. The van der Waals surface area contributed by atoms with E-state index >= 15 is 0 Å². The molecule has 1 aliphatic heterocycles. The smallest absolute Gasteiger partial charge is 0.258 e. The molecule has 1 amide bonds. The van der Waals surface area contributed by atoms with E-state index < -0.39 is 5.82 Å². The first-order valence-corrected chi connectivity index (χ1v) is 7.99. The van der Waals surface area contributed by atoms with Gasteiger partial charge in [-0.25, -0.2) is 4.39 Å². The second-order valence-electron chi connectivity index (χ2n) is 5.69. The lowest BCUT2D eigenvalue weighted by Gasteiger charge is -2.17. The minimum absolute atomic E-state index is 0.192. The number of hydrogen-bond donors (Lipinski definition) is 0. The molecule has 4 rings (SSSR count). The molecule has 0 radical (unpaired) electrons. The minimum atomic E-state index is -0.535. The maximum atomic E-state index is 14.1. The molecule has 2 aromatic heterocycles. The van der Waals surface area contributed by atoms with Crippen molar-refractivity contribution in [1.82, 2.24) is 15.1 Å². The number of benzene rings is 1. The highest BCUT2D eigenvalue weighted by atomic mass is 35.5. The molecule has 0 N–H and O–H groups in total. The van der Waals surface area contributed by atoms with E-state index in [-0.39, 0.29) is 35.5 Å². The third-order valence-electron chi connectivity index (χ3n) is 4.06. The number of halogens is 2. The SMILES string of the molecule is O=C1CC(c2noc(-c3ccncc3)n2)CN1c1ccc(Cl)cc1F. The topological polar surface area (TPSA) is 72.1 Å². The van der Waals surface area contributed by atoms with E-state index in [9.17, 15) is 9.18 Å². The summed E-state index contributed by atoms with van der Waals surface area (Å²) in [5, 5.41) is 4.26. The van der Waals surface area contributed by atoms with E-state index in [0.717, 1.165) is 5.56 Å². The van der Waals surface area contributed by atoms with Crippen LogP contribution in [0.4, 0.5) is 10.1 Å². The molecule has 1 fully saturated rings. The summed E-state index contributed by atoms with van der Waals surface area (Å²) in [6, 6.07) is 7.75. The van der Waals surface area contributed by atoms with E-state index in [2.05, 4.69) is 15.1 Å². The van der Waals surface area contributed by atoms with Crippen molar-refractivity contribution in [3.8, 4) is 11.5 Å². The largest absolute Gasteiger partial charge is 0.334 e. The third-order valence-corrected chi connectivity index (χ3v) is 4.29. The first-order chi connectivity index (χ1) is 12.1. The Morgan fingerprint density at radius 1 is 1.24 bits per heavy atom. The van der Waals surface area contributed by atoms with Crippen LogP contribution in [0, 0.1) is 5.82 Å². The normalized spacial score (nSPS) is 17.3. The molecule has 0 saturated carbocycles. The van der Waals surface area contributed by atoms with Crippen molar-refractivity contribution in [3.63, 3.8) is 0 Å². The molecule has 1 saturated heterocycles.